The Hall–Kier alpha value is -2.15. The molecule has 0 aliphatic heterocycles. The summed E-state index contributed by atoms with van der Waals surface area (Å²) in [6, 6.07) is 3.53. The van der Waals surface area contributed by atoms with Gasteiger partial charge in [0.05, 0.1) is 21.4 Å². The lowest BCUT2D eigenvalue weighted by Crippen LogP contribution is -2.33. The SMILES string of the molecule is CC(CN(C)C(=O)c1cc([N+](=O)[O-])ccc1Cl)C(=O)O. The predicted octanol–water partition coefficient (Wildman–Crippen LogP) is 2.04. The summed E-state index contributed by atoms with van der Waals surface area (Å²) in [5.41, 5.74) is -0.279. The topological polar surface area (TPSA) is 101 Å². The Morgan fingerprint density at radius 2 is 2.10 bits per heavy atom. The second-order valence-corrected chi connectivity index (χ2v) is 4.75. The van der Waals surface area contributed by atoms with Gasteiger partial charge in [0, 0.05) is 25.7 Å². The molecule has 1 amide bonds. The molecule has 0 bridgehead atoms. The highest BCUT2D eigenvalue weighted by Gasteiger charge is 2.22. The molecule has 0 saturated heterocycles. The molecule has 1 aromatic rings. The lowest BCUT2D eigenvalue weighted by molar-refractivity contribution is -0.384. The second-order valence-electron chi connectivity index (χ2n) is 4.35. The van der Waals surface area contributed by atoms with Gasteiger partial charge in [-0.15, -0.1) is 0 Å². The smallest absolute Gasteiger partial charge is 0.308 e. The van der Waals surface area contributed by atoms with Crippen molar-refractivity contribution in [2.75, 3.05) is 13.6 Å². The number of carbonyl (C=O) groups is 2. The molecule has 0 aromatic heterocycles. The zero-order valence-electron chi connectivity index (χ0n) is 10.9. The van der Waals surface area contributed by atoms with E-state index >= 15 is 0 Å². The van der Waals surface area contributed by atoms with E-state index in [1.54, 1.807) is 0 Å². The average molecular weight is 301 g/mol. The van der Waals surface area contributed by atoms with Crippen molar-refractivity contribution in [3.05, 3.63) is 38.9 Å². The van der Waals surface area contributed by atoms with Crippen molar-refractivity contribution in [2.45, 2.75) is 6.92 Å². The monoisotopic (exact) mass is 300 g/mol. The van der Waals surface area contributed by atoms with Crippen LogP contribution in [0.2, 0.25) is 5.02 Å². The normalized spacial score (nSPS) is 11.8. The first kappa shape index (κ1) is 15.9. The van der Waals surface area contributed by atoms with E-state index < -0.39 is 22.7 Å². The standard InChI is InChI=1S/C12H13ClN2O5/c1-7(12(17)18)6-14(2)11(16)9-5-8(15(19)20)3-4-10(9)13/h3-5,7H,6H2,1-2H3,(H,17,18). The number of nitrogens with zero attached hydrogens (tertiary/aromatic N) is 2. The maximum Gasteiger partial charge on any atom is 0.308 e. The van der Waals surface area contributed by atoms with E-state index in [0.29, 0.717) is 0 Å². The van der Waals surface area contributed by atoms with Gasteiger partial charge in [0.2, 0.25) is 0 Å². The summed E-state index contributed by atoms with van der Waals surface area (Å²) < 4.78 is 0. The van der Waals surface area contributed by atoms with Gasteiger partial charge in [0.15, 0.2) is 0 Å². The van der Waals surface area contributed by atoms with E-state index in [9.17, 15) is 19.7 Å². The Morgan fingerprint density at radius 3 is 2.60 bits per heavy atom. The number of aliphatic carboxylic acids is 1. The van der Waals surface area contributed by atoms with Gasteiger partial charge >= 0.3 is 5.97 Å². The molecule has 0 aliphatic rings. The van der Waals surface area contributed by atoms with Gasteiger partial charge in [-0.1, -0.05) is 18.5 Å². The largest absolute Gasteiger partial charge is 0.481 e. The van der Waals surface area contributed by atoms with Gasteiger partial charge < -0.3 is 10.0 Å². The van der Waals surface area contributed by atoms with Crippen LogP contribution >= 0.6 is 11.6 Å². The molecule has 1 N–H and O–H groups in total. The summed E-state index contributed by atoms with van der Waals surface area (Å²) in [7, 11) is 1.41. The number of nitro benzene ring substituents is 1. The van der Waals surface area contributed by atoms with Crippen molar-refractivity contribution < 1.29 is 19.6 Å². The van der Waals surface area contributed by atoms with Crippen LogP contribution in [0.15, 0.2) is 18.2 Å². The van der Waals surface area contributed by atoms with Crippen LogP contribution in [0.3, 0.4) is 0 Å². The fourth-order valence-electron chi connectivity index (χ4n) is 1.57. The highest BCUT2D eigenvalue weighted by atomic mass is 35.5. The number of hydrogen-bond donors (Lipinski definition) is 1. The number of halogens is 1. The van der Waals surface area contributed by atoms with Crippen LogP contribution in [0, 0.1) is 16.0 Å². The van der Waals surface area contributed by atoms with Gasteiger partial charge in [-0.3, -0.25) is 19.7 Å². The predicted molar refractivity (Wildman–Crippen MR) is 71.9 cm³/mol. The third kappa shape index (κ3) is 3.67. The molecule has 0 spiro atoms. The van der Waals surface area contributed by atoms with Gasteiger partial charge in [-0.05, 0) is 6.07 Å². The Balaban J connectivity index is 2.99. The molecule has 1 rings (SSSR count). The number of benzene rings is 1. The van der Waals surface area contributed by atoms with Gasteiger partial charge in [0.25, 0.3) is 11.6 Å². The zero-order chi connectivity index (χ0) is 15.4. The maximum atomic E-state index is 12.1. The number of carbonyl (C=O) groups excluding carboxylic acids is 1. The van der Waals surface area contributed by atoms with Crippen LogP contribution in [0.25, 0.3) is 0 Å². The Morgan fingerprint density at radius 1 is 1.50 bits per heavy atom. The number of hydrogen-bond acceptors (Lipinski definition) is 4. The molecule has 0 fully saturated rings. The molecular weight excluding hydrogens is 288 g/mol. The summed E-state index contributed by atoms with van der Waals surface area (Å²) in [6.07, 6.45) is 0. The Bertz CT molecular complexity index is 561. The molecule has 0 aliphatic carbocycles. The van der Waals surface area contributed by atoms with E-state index in [1.165, 1.54) is 31.0 Å². The molecule has 1 atom stereocenters. The first-order valence-corrected chi connectivity index (χ1v) is 6.04. The summed E-state index contributed by atoms with van der Waals surface area (Å²) in [4.78, 5) is 34.1. The number of carboxylic acids is 1. The number of non-ortho nitro benzene ring substituents is 1. The van der Waals surface area contributed by atoms with E-state index in [-0.39, 0.29) is 22.8 Å². The highest BCUT2D eigenvalue weighted by Crippen LogP contribution is 2.23. The minimum atomic E-state index is -1.03. The second kappa shape index (κ2) is 6.33. The fraction of sp³-hybridized carbons (Fsp3) is 0.333. The molecule has 1 unspecified atom stereocenters. The molecule has 0 heterocycles. The summed E-state index contributed by atoms with van der Waals surface area (Å²) >= 11 is 5.85. The van der Waals surface area contributed by atoms with Crippen molar-refractivity contribution >= 4 is 29.2 Å². The summed E-state index contributed by atoms with van der Waals surface area (Å²) in [5, 5.41) is 19.6. The zero-order valence-corrected chi connectivity index (χ0v) is 11.6. The maximum absolute atomic E-state index is 12.1. The quantitative estimate of drug-likeness (QED) is 0.662. The van der Waals surface area contributed by atoms with Crippen molar-refractivity contribution in [3.8, 4) is 0 Å². The first-order chi connectivity index (χ1) is 9.23. The third-order valence-electron chi connectivity index (χ3n) is 2.71. The van der Waals surface area contributed by atoms with E-state index in [1.807, 2.05) is 0 Å². The summed E-state index contributed by atoms with van der Waals surface area (Å²) in [6.45, 7) is 1.44. The molecule has 7 nitrogen and oxygen atoms in total. The first-order valence-electron chi connectivity index (χ1n) is 5.66. The molecule has 0 radical (unpaired) electrons. The number of amides is 1. The fourth-order valence-corrected chi connectivity index (χ4v) is 1.77. The number of rotatable bonds is 5. The molecule has 1 aromatic carbocycles. The minimum absolute atomic E-state index is 0.0206. The average Bonchev–Trinajstić information content (AvgIpc) is 2.37. The molecule has 20 heavy (non-hydrogen) atoms. The van der Waals surface area contributed by atoms with Crippen LogP contribution in [-0.4, -0.2) is 40.4 Å². The number of nitro groups is 1. The van der Waals surface area contributed by atoms with Crippen molar-refractivity contribution in [2.24, 2.45) is 5.92 Å². The number of carboxylic acid groups (broad SMARTS) is 1. The van der Waals surface area contributed by atoms with E-state index in [0.717, 1.165) is 6.07 Å². The molecule has 108 valence electrons. The van der Waals surface area contributed by atoms with Crippen molar-refractivity contribution in [1.29, 1.82) is 0 Å². The summed E-state index contributed by atoms with van der Waals surface area (Å²) in [5.74, 6) is -2.34. The van der Waals surface area contributed by atoms with Crippen LogP contribution in [0.4, 0.5) is 5.69 Å². The Labute approximate surface area is 119 Å². The van der Waals surface area contributed by atoms with Crippen molar-refractivity contribution in [3.63, 3.8) is 0 Å². The third-order valence-corrected chi connectivity index (χ3v) is 3.04. The van der Waals surface area contributed by atoms with E-state index in [4.69, 9.17) is 16.7 Å². The Kier molecular flexibility index (Phi) is 5.04. The van der Waals surface area contributed by atoms with Crippen molar-refractivity contribution in [1.82, 2.24) is 4.90 Å². The van der Waals surface area contributed by atoms with E-state index in [2.05, 4.69) is 0 Å². The van der Waals surface area contributed by atoms with Gasteiger partial charge in [0.1, 0.15) is 0 Å². The van der Waals surface area contributed by atoms with Crippen LogP contribution in [0.5, 0.6) is 0 Å². The van der Waals surface area contributed by atoms with Crippen LogP contribution < -0.4 is 0 Å². The lowest BCUT2D eigenvalue weighted by Gasteiger charge is -2.19. The molecule has 0 saturated carbocycles. The highest BCUT2D eigenvalue weighted by molar-refractivity contribution is 6.33. The van der Waals surface area contributed by atoms with Gasteiger partial charge in [-0.2, -0.15) is 0 Å². The van der Waals surface area contributed by atoms with Crippen LogP contribution in [-0.2, 0) is 4.79 Å². The van der Waals surface area contributed by atoms with Gasteiger partial charge in [-0.25, -0.2) is 0 Å². The minimum Gasteiger partial charge on any atom is -0.481 e. The molecule has 8 heteroatoms. The van der Waals surface area contributed by atoms with Crippen LogP contribution in [0.1, 0.15) is 17.3 Å². The lowest BCUT2D eigenvalue weighted by atomic mass is 10.1. The molecular formula is C12H13ClN2O5.